The van der Waals surface area contributed by atoms with Crippen LogP contribution >= 0.6 is 11.6 Å². The van der Waals surface area contributed by atoms with Crippen LogP contribution in [0.1, 0.15) is 44.3 Å². The summed E-state index contributed by atoms with van der Waals surface area (Å²) in [6.45, 7) is 0. The zero-order valence-electron chi connectivity index (χ0n) is 9.25. The van der Waals surface area contributed by atoms with Gasteiger partial charge in [0.1, 0.15) is 5.82 Å². The Hall–Kier alpha value is -0.570. The van der Waals surface area contributed by atoms with Crippen LogP contribution in [0.25, 0.3) is 0 Å². The monoisotopic (exact) mass is 237 g/mol. The number of aromatic amines is 1. The predicted molar refractivity (Wildman–Crippen MR) is 61.2 cm³/mol. The Morgan fingerprint density at radius 2 is 1.62 bits per heavy atom. The number of nitrogens with zero attached hydrogens (tertiary/aromatic N) is 2. The first-order valence-corrected chi connectivity index (χ1v) is 6.70. The minimum atomic E-state index is 0.300. The zero-order valence-corrected chi connectivity index (χ0v) is 10.0. The van der Waals surface area contributed by atoms with Crippen molar-refractivity contribution in [2.45, 2.75) is 43.9 Å². The van der Waals surface area contributed by atoms with E-state index >= 15 is 0 Å². The summed E-state index contributed by atoms with van der Waals surface area (Å²) >= 11 is 5.85. The first-order chi connectivity index (χ1) is 7.73. The van der Waals surface area contributed by atoms with Crippen molar-refractivity contribution in [2.75, 3.05) is 0 Å². The van der Waals surface area contributed by atoms with Crippen molar-refractivity contribution in [3.05, 3.63) is 11.1 Å². The summed E-state index contributed by atoms with van der Waals surface area (Å²) in [4.78, 5) is 4.40. The topological polar surface area (TPSA) is 41.6 Å². The highest BCUT2D eigenvalue weighted by atomic mass is 35.5. The van der Waals surface area contributed by atoms with Gasteiger partial charge in [0.05, 0.1) is 0 Å². The van der Waals surface area contributed by atoms with Gasteiger partial charge in [0, 0.05) is 5.41 Å². The molecule has 0 aromatic carbocycles. The molecular formula is C12H16ClN3. The first kappa shape index (κ1) is 9.46. The Bertz CT molecular complexity index is 390. The SMILES string of the molecule is Clc1n[nH]c(C23CC4CC(CC(C4)C2)C3)n1. The maximum atomic E-state index is 5.85. The molecule has 0 saturated heterocycles. The van der Waals surface area contributed by atoms with Gasteiger partial charge in [-0.3, -0.25) is 5.10 Å². The van der Waals surface area contributed by atoms with Gasteiger partial charge in [-0.2, -0.15) is 0 Å². The lowest BCUT2D eigenvalue weighted by Gasteiger charge is -2.55. The summed E-state index contributed by atoms with van der Waals surface area (Å²) in [5, 5.41) is 7.45. The fourth-order valence-electron chi connectivity index (χ4n) is 4.88. The molecule has 0 aliphatic heterocycles. The van der Waals surface area contributed by atoms with Gasteiger partial charge in [-0.25, -0.2) is 4.98 Å². The number of hydrogen-bond acceptors (Lipinski definition) is 2. The third-order valence-electron chi connectivity index (χ3n) is 5.00. The summed E-state index contributed by atoms with van der Waals surface area (Å²) in [6, 6.07) is 0. The van der Waals surface area contributed by atoms with E-state index in [0.29, 0.717) is 10.7 Å². The second-order valence-corrected chi connectivity index (χ2v) is 6.49. The molecule has 4 heteroatoms. The molecule has 4 saturated carbocycles. The number of aromatic nitrogens is 3. The minimum absolute atomic E-state index is 0.300. The van der Waals surface area contributed by atoms with E-state index in [0.717, 1.165) is 23.6 Å². The lowest BCUT2D eigenvalue weighted by molar-refractivity contribution is -0.00922. The molecule has 5 rings (SSSR count). The number of halogens is 1. The fraction of sp³-hybridized carbons (Fsp3) is 0.833. The van der Waals surface area contributed by atoms with E-state index in [-0.39, 0.29) is 0 Å². The molecule has 0 spiro atoms. The van der Waals surface area contributed by atoms with Crippen molar-refractivity contribution in [3.63, 3.8) is 0 Å². The molecule has 0 unspecified atom stereocenters. The molecule has 1 aromatic heterocycles. The van der Waals surface area contributed by atoms with Crippen LogP contribution in [0.15, 0.2) is 0 Å². The molecule has 0 amide bonds. The van der Waals surface area contributed by atoms with E-state index in [2.05, 4.69) is 15.2 Å². The Balaban J connectivity index is 1.76. The van der Waals surface area contributed by atoms with Crippen molar-refractivity contribution in [1.29, 1.82) is 0 Å². The number of H-pyrrole nitrogens is 1. The molecular weight excluding hydrogens is 222 g/mol. The number of rotatable bonds is 1. The minimum Gasteiger partial charge on any atom is -0.261 e. The number of nitrogens with one attached hydrogen (secondary N) is 1. The third kappa shape index (κ3) is 1.21. The quantitative estimate of drug-likeness (QED) is 0.816. The highest BCUT2D eigenvalue weighted by molar-refractivity contribution is 6.28. The normalized spacial score (nSPS) is 45.2. The van der Waals surface area contributed by atoms with Crippen LogP contribution in [0.2, 0.25) is 5.28 Å². The highest BCUT2D eigenvalue weighted by Gasteiger charge is 2.53. The van der Waals surface area contributed by atoms with E-state index in [1.165, 1.54) is 38.5 Å². The Morgan fingerprint density at radius 1 is 1.06 bits per heavy atom. The van der Waals surface area contributed by atoms with Crippen molar-refractivity contribution in [1.82, 2.24) is 15.2 Å². The van der Waals surface area contributed by atoms with Crippen molar-refractivity contribution >= 4 is 11.6 Å². The molecule has 16 heavy (non-hydrogen) atoms. The molecule has 4 aliphatic rings. The molecule has 86 valence electrons. The van der Waals surface area contributed by atoms with Crippen molar-refractivity contribution < 1.29 is 0 Å². The van der Waals surface area contributed by atoms with Crippen LogP contribution in [-0.2, 0) is 5.41 Å². The maximum absolute atomic E-state index is 5.85. The molecule has 1 N–H and O–H groups in total. The van der Waals surface area contributed by atoms with E-state index in [1.807, 2.05) is 0 Å². The van der Waals surface area contributed by atoms with Crippen LogP contribution in [0.4, 0.5) is 0 Å². The van der Waals surface area contributed by atoms with Crippen LogP contribution in [0.5, 0.6) is 0 Å². The molecule has 0 atom stereocenters. The van der Waals surface area contributed by atoms with Crippen LogP contribution in [0, 0.1) is 17.8 Å². The summed E-state index contributed by atoms with van der Waals surface area (Å²) in [6.07, 6.45) is 8.31. The van der Waals surface area contributed by atoms with Crippen molar-refractivity contribution in [2.24, 2.45) is 17.8 Å². The lowest BCUT2D eigenvalue weighted by Crippen LogP contribution is -2.49. The Morgan fingerprint density at radius 3 is 2.06 bits per heavy atom. The largest absolute Gasteiger partial charge is 0.261 e. The van der Waals surface area contributed by atoms with Gasteiger partial charge in [0.25, 0.3) is 0 Å². The van der Waals surface area contributed by atoms with E-state index < -0.39 is 0 Å². The Kier molecular flexibility index (Phi) is 1.78. The van der Waals surface area contributed by atoms with Crippen LogP contribution in [-0.4, -0.2) is 15.2 Å². The number of hydrogen-bond donors (Lipinski definition) is 1. The molecule has 1 heterocycles. The van der Waals surface area contributed by atoms with Gasteiger partial charge in [-0.15, -0.1) is 5.10 Å². The van der Waals surface area contributed by atoms with Gasteiger partial charge >= 0.3 is 0 Å². The van der Waals surface area contributed by atoms with E-state index in [1.54, 1.807) is 0 Å². The summed E-state index contributed by atoms with van der Waals surface area (Å²) in [5.41, 5.74) is 0.300. The summed E-state index contributed by atoms with van der Waals surface area (Å²) in [5.74, 6) is 3.89. The van der Waals surface area contributed by atoms with Gasteiger partial charge in [-0.05, 0) is 67.9 Å². The van der Waals surface area contributed by atoms with Gasteiger partial charge in [0.15, 0.2) is 0 Å². The Labute approximate surface area is 100.0 Å². The van der Waals surface area contributed by atoms with Gasteiger partial charge in [0.2, 0.25) is 5.28 Å². The highest BCUT2D eigenvalue weighted by Crippen LogP contribution is 2.60. The fourth-order valence-corrected chi connectivity index (χ4v) is 5.01. The zero-order chi connectivity index (χ0) is 10.8. The van der Waals surface area contributed by atoms with Crippen LogP contribution < -0.4 is 0 Å². The van der Waals surface area contributed by atoms with E-state index in [9.17, 15) is 0 Å². The molecule has 1 aromatic rings. The maximum Gasteiger partial charge on any atom is 0.242 e. The summed E-state index contributed by atoms with van der Waals surface area (Å²) in [7, 11) is 0. The third-order valence-corrected chi connectivity index (χ3v) is 5.17. The standard InChI is InChI=1S/C12H16ClN3/c13-11-14-10(15-16-11)12-4-7-1-8(5-12)3-9(2-7)6-12/h7-9H,1-6H2,(H,14,15,16). The first-order valence-electron chi connectivity index (χ1n) is 6.32. The van der Waals surface area contributed by atoms with Crippen LogP contribution in [0.3, 0.4) is 0 Å². The molecule has 4 fully saturated rings. The summed E-state index contributed by atoms with van der Waals surface area (Å²) < 4.78 is 0. The molecule has 4 bridgehead atoms. The second kappa shape index (κ2) is 3.00. The smallest absolute Gasteiger partial charge is 0.242 e. The predicted octanol–water partition coefficient (Wildman–Crippen LogP) is 2.93. The van der Waals surface area contributed by atoms with E-state index in [4.69, 9.17) is 11.6 Å². The molecule has 3 nitrogen and oxygen atoms in total. The van der Waals surface area contributed by atoms with Gasteiger partial charge < -0.3 is 0 Å². The molecule has 4 aliphatic carbocycles. The van der Waals surface area contributed by atoms with Crippen molar-refractivity contribution in [3.8, 4) is 0 Å². The second-order valence-electron chi connectivity index (χ2n) is 6.15. The average Bonchev–Trinajstić information content (AvgIpc) is 2.63. The lowest BCUT2D eigenvalue weighted by atomic mass is 9.49. The molecule has 0 radical (unpaired) electrons. The average molecular weight is 238 g/mol. The van der Waals surface area contributed by atoms with Gasteiger partial charge in [-0.1, -0.05) is 0 Å².